The van der Waals surface area contributed by atoms with Gasteiger partial charge in [-0.1, -0.05) is 190 Å². The van der Waals surface area contributed by atoms with Crippen LogP contribution < -0.4 is 0 Å². The highest BCUT2D eigenvalue weighted by Gasteiger charge is 2.27. The monoisotopic (exact) mass is 1040 g/mol. The molecule has 0 saturated heterocycles. The Balaban J connectivity index is 1.15. The van der Waals surface area contributed by atoms with E-state index >= 15 is 0 Å². The molecule has 0 unspecified atom stereocenters. The van der Waals surface area contributed by atoms with E-state index < -0.39 is 0 Å². The van der Waals surface area contributed by atoms with Gasteiger partial charge in [-0.15, -0.1) is 0 Å². The molecule has 4 heteroatoms. The van der Waals surface area contributed by atoms with Gasteiger partial charge in [0.25, 0.3) is 0 Å². The molecule has 0 amide bonds. The van der Waals surface area contributed by atoms with Gasteiger partial charge >= 0.3 is 0 Å². The summed E-state index contributed by atoms with van der Waals surface area (Å²) in [5.74, 6) is 0. The molecule has 11 aromatic carbocycles. The van der Waals surface area contributed by atoms with E-state index in [-0.39, 0.29) is 0 Å². The van der Waals surface area contributed by atoms with E-state index in [0.717, 1.165) is 105 Å². The van der Waals surface area contributed by atoms with Crippen LogP contribution in [0.2, 0.25) is 0 Å². The van der Waals surface area contributed by atoms with E-state index in [2.05, 4.69) is 256 Å². The van der Waals surface area contributed by atoms with Crippen molar-refractivity contribution < 1.29 is 0 Å². The Kier molecular flexibility index (Phi) is 12.3. The van der Waals surface area contributed by atoms with Crippen LogP contribution in [-0.4, -0.2) is 9.13 Å². The highest BCUT2D eigenvalue weighted by atomic mass is 15.0. The number of hydrogen-bond acceptors (Lipinski definition) is 0. The minimum atomic E-state index is 0.515. The van der Waals surface area contributed by atoms with Gasteiger partial charge in [0, 0.05) is 38.4 Å². The second kappa shape index (κ2) is 19.7. The van der Waals surface area contributed by atoms with Crippen molar-refractivity contribution in [1.82, 2.24) is 9.13 Å². The summed E-state index contributed by atoms with van der Waals surface area (Å²) >= 11 is 0. The van der Waals surface area contributed by atoms with Crippen molar-refractivity contribution in [2.24, 2.45) is 0 Å². The average molecular weight is 1040 g/mol. The Morgan fingerprint density at radius 2 is 0.593 bits per heavy atom. The Labute approximate surface area is 475 Å². The van der Waals surface area contributed by atoms with Crippen LogP contribution in [0.4, 0.5) is 11.4 Å². The Morgan fingerprint density at radius 1 is 0.259 bits per heavy atom. The molecule has 0 aliphatic heterocycles. The number of rotatable bonds is 8. The van der Waals surface area contributed by atoms with Gasteiger partial charge in [-0.25, -0.2) is 9.69 Å². The zero-order chi connectivity index (χ0) is 56.0. The van der Waals surface area contributed by atoms with E-state index in [1.807, 2.05) is 25.1 Å². The zero-order valence-corrected chi connectivity index (χ0v) is 47.3. The topological polar surface area (TPSA) is 18.6 Å². The standard InChI is InChI=1S/C77H60N4/c1-45-18-23-62(69(40-45)79-11)63-14-12-16-74(80-70-24-19-54(58-32-46(2)28-47(3)33-58)41-64(70)65-42-55(20-25-71(65)80)59-34-48(4)29-49(5)35-59)76(63)77-68(78-10)15-13-17-75(77)81-72-26-21-56(60-36-50(6)30-51(7)37-60)43-66(72)67-44-57(22-27-73(67)81)61-38-52(8)31-53(9)39-61/h12-44H,1-9H3. The lowest BCUT2D eigenvalue weighted by Crippen LogP contribution is -2.03. The summed E-state index contributed by atoms with van der Waals surface area (Å²) in [5.41, 5.74) is 30.5. The maximum Gasteiger partial charge on any atom is 0.197 e. The van der Waals surface area contributed by atoms with Crippen molar-refractivity contribution >= 4 is 55.0 Å². The van der Waals surface area contributed by atoms with E-state index in [4.69, 9.17) is 13.1 Å². The number of hydrogen-bond donors (Lipinski definition) is 0. The first-order chi connectivity index (χ1) is 39.2. The van der Waals surface area contributed by atoms with Crippen molar-refractivity contribution in [1.29, 1.82) is 0 Å². The smallest absolute Gasteiger partial charge is 0.197 e. The van der Waals surface area contributed by atoms with Gasteiger partial charge in [0.1, 0.15) is 0 Å². The lowest BCUT2D eigenvalue weighted by Gasteiger charge is -2.23. The molecule has 388 valence electrons. The summed E-state index contributed by atoms with van der Waals surface area (Å²) in [4.78, 5) is 8.64. The minimum Gasteiger partial charge on any atom is -0.310 e. The summed E-state index contributed by atoms with van der Waals surface area (Å²) in [6, 6.07) is 73.5. The van der Waals surface area contributed by atoms with Crippen LogP contribution in [0.3, 0.4) is 0 Å². The third-order valence-corrected chi connectivity index (χ3v) is 16.2. The maximum absolute atomic E-state index is 9.12. The molecule has 0 radical (unpaired) electrons. The van der Waals surface area contributed by atoms with Crippen molar-refractivity contribution in [2.45, 2.75) is 62.3 Å². The van der Waals surface area contributed by atoms with Crippen molar-refractivity contribution in [3.63, 3.8) is 0 Å². The fourth-order valence-corrected chi connectivity index (χ4v) is 13.1. The summed E-state index contributed by atoms with van der Waals surface area (Å²) in [5, 5.41) is 4.50. The summed E-state index contributed by atoms with van der Waals surface area (Å²) in [6.45, 7) is 37.1. The molecular weight excluding hydrogens is 981 g/mol. The number of fused-ring (bicyclic) bond motifs is 6. The summed E-state index contributed by atoms with van der Waals surface area (Å²) in [6.07, 6.45) is 0. The lowest BCUT2D eigenvalue weighted by molar-refractivity contribution is 1.16. The number of nitrogens with zero attached hydrogens (tertiary/aromatic N) is 4. The van der Waals surface area contributed by atoms with Crippen molar-refractivity contribution in [3.05, 3.63) is 273 Å². The van der Waals surface area contributed by atoms with Gasteiger partial charge in [0.05, 0.1) is 40.9 Å². The molecule has 81 heavy (non-hydrogen) atoms. The molecule has 0 atom stereocenters. The molecular formula is C77H60N4. The fraction of sp³-hybridized carbons (Fsp3) is 0.117. The molecule has 0 N–H and O–H groups in total. The van der Waals surface area contributed by atoms with Gasteiger partial charge in [-0.05, 0) is 179 Å². The van der Waals surface area contributed by atoms with E-state index in [1.54, 1.807) is 0 Å². The maximum atomic E-state index is 9.12. The van der Waals surface area contributed by atoms with Crippen LogP contribution in [0.1, 0.15) is 50.1 Å². The molecule has 13 rings (SSSR count). The van der Waals surface area contributed by atoms with Gasteiger partial charge in [0.15, 0.2) is 11.4 Å². The first kappa shape index (κ1) is 50.5. The van der Waals surface area contributed by atoms with Crippen LogP contribution >= 0.6 is 0 Å². The van der Waals surface area contributed by atoms with Gasteiger partial charge in [-0.2, -0.15) is 0 Å². The molecule has 0 saturated carbocycles. The molecule has 0 aliphatic rings. The van der Waals surface area contributed by atoms with Crippen LogP contribution in [0.5, 0.6) is 0 Å². The third-order valence-electron chi connectivity index (χ3n) is 16.2. The second-order valence-corrected chi connectivity index (χ2v) is 22.7. The molecule has 4 nitrogen and oxygen atoms in total. The van der Waals surface area contributed by atoms with Crippen molar-refractivity contribution in [3.8, 4) is 78.1 Å². The quantitative estimate of drug-likeness (QED) is 0.135. The number of aryl methyl sites for hydroxylation is 9. The molecule has 0 fully saturated rings. The number of aromatic nitrogens is 2. The predicted octanol–water partition coefficient (Wildman–Crippen LogP) is 21.8. The molecule has 0 spiro atoms. The Bertz CT molecular complexity index is 4590. The Morgan fingerprint density at radius 3 is 0.938 bits per heavy atom. The first-order valence-corrected chi connectivity index (χ1v) is 27.8. The highest BCUT2D eigenvalue weighted by Crippen LogP contribution is 2.51. The van der Waals surface area contributed by atoms with Crippen LogP contribution in [0.15, 0.2) is 200 Å². The SMILES string of the molecule is [C-]#[N+]c1cc(C)ccc1-c1cccc(-n2c3ccc(-c4cc(C)cc(C)c4)cc3c3cc(-c4cc(C)cc(C)c4)ccc32)c1-c1c([N+]#[C-])cccc1-n1c2ccc(-c3cc(C)cc(C)c3)cc2c2cc(-c3cc(C)cc(C)c3)ccc21. The predicted molar refractivity (Wildman–Crippen MR) is 343 cm³/mol. The van der Waals surface area contributed by atoms with Gasteiger partial charge in [0.2, 0.25) is 0 Å². The molecule has 0 bridgehead atoms. The van der Waals surface area contributed by atoms with Crippen LogP contribution in [0, 0.1) is 75.5 Å². The summed E-state index contributed by atoms with van der Waals surface area (Å²) < 4.78 is 4.79. The first-order valence-electron chi connectivity index (χ1n) is 27.8. The normalized spacial score (nSPS) is 11.5. The lowest BCUT2D eigenvalue weighted by atomic mass is 9.89. The second-order valence-electron chi connectivity index (χ2n) is 22.7. The minimum absolute atomic E-state index is 0.515. The van der Waals surface area contributed by atoms with E-state index in [0.29, 0.717) is 11.4 Å². The zero-order valence-electron chi connectivity index (χ0n) is 47.3. The molecule has 0 aliphatic carbocycles. The van der Waals surface area contributed by atoms with E-state index in [9.17, 15) is 0 Å². The molecule has 13 aromatic rings. The van der Waals surface area contributed by atoms with Gasteiger partial charge in [-0.3, -0.25) is 0 Å². The molecule has 2 aromatic heterocycles. The van der Waals surface area contributed by atoms with Crippen LogP contribution in [0.25, 0.3) is 131 Å². The Hall–Kier alpha value is -10.0. The average Bonchev–Trinajstić information content (AvgIpc) is 3.86. The van der Waals surface area contributed by atoms with Gasteiger partial charge < -0.3 is 9.13 Å². The third kappa shape index (κ3) is 8.87. The molecule has 2 heterocycles. The largest absolute Gasteiger partial charge is 0.310 e. The van der Waals surface area contributed by atoms with Crippen LogP contribution in [-0.2, 0) is 0 Å². The summed E-state index contributed by atoms with van der Waals surface area (Å²) in [7, 11) is 0. The van der Waals surface area contributed by atoms with Crippen molar-refractivity contribution in [2.75, 3.05) is 0 Å². The van der Waals surface area contributed by atoms with E-state index in [1.165, 1.54) is 66.8 Å². The fourth-order valence-electron chi connectivity index (χ4n) is 13.1. The number of benzene rings is 11. The highest BCUT2D eigenvalue weighted by molar-refractivity contribution is 6.15.